The van der Waals surface area contributed by atoms with Crippen LogP contribution in [0, 0.1) is 6.92 Å². The minimum absolute atomic E-state index is 0.0835. The van der Waals surface area contributed by atoms with Crippen LogP contribution in [0.25, 0.3) is 0 Å². The lowest BCUT2D eigenvalue weighted by molar-refractivity contribution is -0.231. The first-order valence-corrected chi connectivity index (χ1v) is 12.7. The molecule has 0 spiro atoms. The second-order valence-corrected chi connectivity index (χ2v) is 10.1. The highest BCUT2D eigenvalue weighted by Crippen LogP contribution is 2.35. The largest absolute Gasteiger partial charge is 0.491 e. The van der Waals surface area contributed by atoms with Gasteiger partial charge in [-0.05, 0) is 64.9 Å². The van der Waals surface area contributed by atoms with E-state index in [0.29, 0.717) is 30.2 Å². The third-order valence-corrected chi connectivity index (χ3v) is 7.56. The zero-order valence-electron chi connectivity index (χ0n) is 20.5. The summed E-state index contributed by atoms with van der Waals surface area (Å²) in [5.74, 6) is 0.746. The van der Waals surface area contributed by atoms with E-state index in [4.69, 9.17) is 25.8 Å². The molecule has 37 heavy (non-hydrogen) atoms. The maximum atomic E-state index is 10.5. The van der Waals surface area contributed by atoms with Crippen LogP contribution in [-0.4, -0.2) is 58.1 Å². The molecule has 1 unspecified atom stereocenters. The molecule has 3 aromatic carbocycles. The molecule has 0 saturated carbocycles. The summed E-state index contributed by atoms with van der Waals surface area (Å²) in [5.41, 5.74) is 6.07. The highest BCUT2D eigenvalue weighted by molar-refractivity contribution is 6.31. The summed E-state index contributed by atoms with van der Waals surface area (Å²) < 4.78 is 17.6. The standard InChI is InChI=1S/C29H31ClO7/c1-16-3-2-4-19-14-36-24(25(16)19)15-35-21-8-5-17(6-9-21)11-20-12-18(7-10-22(20)30)29-28(34)27(33)26(32)23(13-31)37-29/h2-10,12,23-24,26-29,31-34H,11,13-15H2,1H3/t23-,24?,26-,27+,28-,29+/m1/s1. The molecule has 4 N–H and O–H groups in total. The van der Waals surface area contributed by atoms with Gasteiger partial charge in [-0.3, -0.25) is 0 Å². The van der Waals surface area contributed by atoms with Crippen molar-refractivity contribution < 1.29 is 34.6 Å². The Bertz CT molecular complexity index is 1230. The first-order valence-electron chi connectivity index (χ1n) is 12.4. The molecular formula is C29H31ClO7. The summed E-state index contributed by atoms with van der Waals surface area (Å²) in [4.78, 5) is 0. The van der Waals surface area contributed by atoms with Crippen molar-refractivity contribution in [2.45, 2.75) is 56.6 Å². The normalized spacial score (nSPS) is 27.2. The number of aliphatic hydroxyl groups excluding tert-OH is 4. The van der Waals surface area contributed by atoms with E-state index in [0.717, 1.165) is 16.9 Å². The zero-order valence-corrected chi connectivity index (χ0v) is 21.2. The van der Waals surface area contributed by atoms with Crippen molar-refractivity contribution >= 4 is 11.6 Å². The number of fused-ring (bicyclic) bond motifs is 1. The van der Waals surface area contributed by atoms with Crippen molar-refractivity contribution in [1.82, 2.24) is 0 Å². The quantitative estimate of drug-likeness (QED) is 0.373. The number of halogens is 1. The van der Waals surface area contributed by atoms with Crippen LogP contribution in [-0.2, 0) is 22.5 Å². The Morgan fingerprint density at radius 1 is 0.973 bits per heavy atom. The molecule has 7 nitrogen and oxygen atoms in total. The van der Waals surface area contributed by atoms with Crippen molar-refractivity contribution in [1.29, 1.82) is 0 Å². The molecule has 196 valence electrons. The maximum Gasteiger partial charge on any atom is 0.119 e. The number of rotatable bonds is 7. The Labute approximate surface area is 220 Å². The summed E-state index contributed by atoms with van der Waals surface area (Å²) in [6, 6.07) is 19.2. The van der Waals surface area contributed by atoms with Crippen molar-refractivity contribution in [3.05, 3.63) is 99.1 Å². The summed E-state index contributed by atoms with van der Waals surface area (Å²) in [7, 11) is 0. The lowest BCUT2D eigenvalue weighted by Crippen LogP contribution is -2.55. The predicted molar refractivity (Wildman–Crippen MR) is 138 cm³/mol. The van der Waals surface area contributed by atoms with E-state index in [-0.39, 0.29) is 6.10 Å². The average molecular weight is 527 g/mol. The molecule has 0 aromatic heterocycles. The van der Waals surface area contributed by atoms with Gasteiger partial charge >= 0.3 is 0 Å². The maximum absolute atomic E-state index is 10.5. The van der Waals surface area contributed by atoms with Crippen molar-refractivity contribution in [3.63, 3.8) is 0 Å². The van der Waals surface area contributed by atoms with Crippen LogP contribution in [0.4, 0.5) is 0 Å². The van der Waals surface area contributed by atoms with Gasteiger partial charge in [0.1, 0.15) is 49.0 Å². The summed E-state index contributed by atoms with van der Waals surface area (Å²) in [6.45, 7) is 2.65. The topological polar surface area (TPSA) is 109 Å². The fourth-order valence-corrected chi connectivity index (χ4v) is 5.30. The Balaban J connectivity index is 1.25. The van der Waals surface area contributed by atoms with E-state index in [9.17, 15) is 20.4 Å². The fraction of sp³-hybridized carbons (Fsp3) is 0.379. The molecule has 0 aliphatic carbocycles. The number of ether oxygens (including phenoxy) is 3. The molecule has 0 radical (unpaired) electrons. The minimum Gasteiger partial charge on any atom is -0.491 e. The number of aliphatic hydroxyl groups is 4. The molecule has 8 heteroatoms. The molecule has 1 fully saturated rings. The number of aryl methyl sites for hydroxylation is 1. The molecule has 0 bridgehead atoms. The van der Waals surface area contributed by atoms with Crippen molar-refractivity contribution in [2.75, 3.05) is 13.2 Å². The van der Waals surface area contributed by atoms with Gasteiger partial charge < -0.3 is 34.6 Å². The van der Waals surface area contributed by atoms with Gasteiger partial charge in [0.2, 0.25) is 0 Å². The van der Waals surface area contributed by atoms with E-state index < -0.39 is 37.1 Å². The molecule has 2 heterocycles. The van der Waals surface area contributed by atoms with Crippen LogP contribution in [0.2, 0.25) is 5.02 Å². The minimum atomic E-state index is -1.44. The van der Waals surface area contributed by atoms with Gasteiger partial charge in [0, 0.05) is 5.02 Å². The van der Waals surface area contributed by atoms with Gasteiger partial charge in [-0.25, -0.2) is 0 Å². The lowest BCUT2D eigenvalue weighted by Gasteiger charge is -2.40. The highest BCUT2D eigenvalue weighted by Gasteiger charge is 2.44. The van der Waals surface area contributed by atoms with Crippen LogP contribution in [0.5, 0.6) is 5.75 Å². The first kappa shape index (κ1) is 26.1. The van der Waals surface area contributed by atoms with Gasteiger partial charge in [0.25, 0.3) is 0 Å². The Morgan fingerprint density at radius 3 is 2.51 bits per heavy atom. The first-order chi connectivity index (χ1) is 17.9. The monoisotopic (exact) mass is 526 g/mol. The second kappa shape index (κ2) is 11.1. The summed E-state index contributed by atoms with van der Waals surface area (Å²) >= 11 is 6.47. The number of hydrogen-bond acceptors (Lipinski definition) is 7. The SMILES string of the molecule is Cc1cccc2c1C(COc1ccc(Cc3cc([C@@H]4O[C@H](CO)[C@@H](O)[C@H](O)[C@H]4O)ccc3Cl)cc1)OC2. The molecule has 6 atom stereocenters. The lowest BCUT2D eigenvalue weighted by atomic mass is 9.90. The molecule has 0 amide bonds. The van der Waals surface area contributed by atoms with Crippen LogP contribution in [0.3, 0.4) is 0 Å². The molecule has 2 aliphatic rings. The van der Waals surface area contributed by atoms with Gasteiger partial charge in [-0.1, -0.05) is 54.1 Å². The van der Waals surface area contributed by atoms with Crippen LogP contribution < -0.4 is 4.74 Å². The van der Waals surface area contributed by atoms with Crippen molar-refractivity contribution in [2.24, 2.45) is 0 Å². The van der Waals surface area contributed by atoms with Crippen molar-refractivity contribution in [3.8, 4) is 5.75 Å². The predicted octanol–water partition coefficient (Wildman–Crippen LogP) is 3.40. The van der Waals surface area contributed by atoms with Gasteiger partial charge in [-0.15, -0.1) is 0 Å². The Kier molecular flexibility index (Phi) is 7.83. The van der Waals surface area contributed by atoms with Gasteiger partial charge in [0.15, 0.2) is 0 Å². The number of benzene rings is 3. The number of hydrogen-bond donors (Lipinski definition) is 4. The smallest absolute Gasteiger partial charge is 0.119 e. The van der Waals surface area contributed by atoms with Gasteiger partial charge in [-0.2, -0.15) is 0 Å². The Hall–Kier alpha value is -2.49. The fourth-order valence-electron chi connectivity index (χ4n) is 5.11. The summed E-state index contributed by atoms with van der Waals surface area (Å²) in [5, 5.41) is 40.7. The summed E-state index contributed by atoms with van der Waals surface area (Å²) in [6.07, 6.45) is -5.61. The van der Waals surface area contributed by atoms with E-state index in [1.165, 1.54) is 16.7 Å². The third-order valence-electron chi connectivity index (χ3n) is 7.19. The second-order valence-electron chi connectivity index (χ2n) is 9.68. The molecule has 2 aliphatic heterocycles. The highest BCUT2D eigenvalue weighted by atomic mass is 35.5. The van der Waals surface area contributed by atoms with E-state index >= 15 is 0 Å². The van der Waals surface area contributed by atoms with Crippen LogP contribution in [0.1, 0.15) is 45.6 Å². The van der Waals surface area contributed by atoms with Gasteiger partial charge in [0.05, 0.1) is 13.2 Å². The van der Waals surface area contributed by atoms with E-state index in [1.807, 2.05) is 36.4 Å². The van der Waals surface area contributed by atoms with E-state index in [1.54, 1.807) is 12.1 Å². The van der Waals surface area contributed by atoms with Crippen LogP contribution in [0.15, 0.2) is 60.7 Å². The van der Waals surface area contributed by atoms with Crippen LogP contribution >= 0.6 is 11.6 Å². The molecule has 1 saturated heterocycles. The third kappa shape index (κ3) is 5.40. The molecule has 3 aromatic rings. The molecule has 5 rings (SSSR count). The zero-order chi connectivity index (χ0) is 26.1. The Morgan fingerprint density at radius 2 is 1.76 bits per heavy atom. The van der Waals surface area contributed by atoms with E-state index in [2.05, 4.69) is 19.1 Å². The molecular weight excluding hydrogens is 496 g/mol. The average Bonchev–Trinajstić information content (AvgIpc) is 3.33.